The Morgan fingerprint density at radius 3 is 2.68 bits per heavy atom. The lowest BCUT2D eigenvalue weighted by molar-refractivity contribution is 0.0926. The van der Waals surface area contributed by atoms with Crippen molar-refractivity contribution in [3.05, 3.63) is 89.8 Å². The van der Waals surface area contributed by atoms with Crippen LogP contribution in [0.3, 0.4) is 0 Å². The lowest BCUT2D eigenvalue weighted by Crippen LogP contribution is -2.29. The second kappa shape index (κ2) is 9.46. The number of carbonyl (C=O) groups excluding carboxylic acids is 1. The average Bonchev–Trinajstić information content (AvgIpc) is 3.20. The highest BCUT2D eigenvalue weighted by Crippen LogP contribution is 2.27. The van der Waals surface area contributed by atoms with E-state index >= 15 is 0 Å². The van der Waals surface area contributed by atoms with Crippen molar-refractivity contribution in [3.63, 3.8) is 0 Å². The van der Waals surface area contributed by atoms with E-state index < -0.39 is 0 Å². The number of para-hydroxylation sites is 2. The number of fused-ring (bicyclic) bond motifs is 1. The first-order chi connectivity index (χ1) is 15.3. The van der Waals surface area contributed by atoms with Crippen molar-refractivity contribution in [3.8, 4) is 11.8 Å². The summed E-state index contributed by atoms with van der Waals surface area (Å²) in [6.45, 7) is 0.950. The quantitative estimate of drug-likeness (QED) is 0.422. The van der Waals surface area contributed by atoms with Gasteiger partial charge in [0.15, 0.2) is 5.76 Å². The summed E-state index contributed by atoms with van der Waals surface area (Å²) in [4.78, 5) is 17.0. The number of nitrogens with one attached hydrogen (secondary N) is 2. The third-order valence-corrected chi connectivity index (χ3v) is 4.66. The van der Waals surface area contributed by atoms with E-state index in [9.17, 15) is 4.79 Å². The molecule has 0 fully saturated rings. The highest BCUT2D eigenvalue weighted by Gasteiger charge is 2.20. The zero-order valence-corrected chi connectivity index (χ0v) is 16.7. The van der Waals surface area contributed by atoms with Crippen LogP contribution in [0.15, 0.2) is 77.3 Å². The molecule has 0 bridgehead atoms. The van der Waals surface area contributed by atoms with E-state index in [2.05, 4.69) is 21.7 Å². The SMILES string of the molecule is N#Cc1cccnc1NCCNC(=O)c1oc2ccccc2c1COc1ccccc1. The summed E-state index contributed by atoms with van der Waals surface area (Å²) in [5.74, 6) is 1.10. The molecular formula is C24H20N4O3. The first kappa shape index (κ1) is 20.0. The van der Waals surface area contributed by atoms with Gasteiger partial charge in [0.25, 0.3) is 5.91 Å². The topological polar surface area (TPSA) is 100 Å². The lowest BCUT2D eigenvalue weighted by atomic mass is 10.1. The molecule has 0 unspecified atom stereocenters. The maximum atomic E-state index is 12.8. The van der Waals surface area contributed by atoms with E-state index in [1.165, 1.54) is 0 Å². The standard InChI is InChI=1S/C24H20N4O3/c25-15-17-7-6-12-26-23(17)27-13-14-28-24(29)22-20(16-30-18-8-2-1-3-9-18)19-10-4-5-11-21(19)31-22/h1-12H,13-14,16H2,(H,26,27)(H,28,29). The number of ether oxygens (including phenoxy) is 1. The maximum Gasteiger partial charge on any atom is 0.287 e. The monoisotopic (exact) mass is 412 g/mol. The van der Waals surface area contributed by atoms with Crippen molar-refractivity contribution in [1.82, 2.24) is 10.3 Å². The van der Waals surface area contributed by atoms with Gasteiger partial charge in [0.1, 0.15) is 29.8 Å². The van der Waals surface area contributed by atoms with Crippen LogP contribution in [0, 0.1) is 11.3 Å². The van der Waals surface area contributed by atoms with E-state index in [1.54, 1.807) is 18.3 Å². The molecule has 31 heavy (non-hydrogen) atoms. The fourth-order valence-electron chi connectivity index (χ4n) is 3.17. The zero-order chi connectivity index (χ0) is 21.5. The van der Waals surface area contributed by atoms with Crippen molar-refractivity contribution in [2.75, 3.05) is 18.4 Å². The van der Waals surface area contributed by atoms with Gasteiger partial charge in [0.2, 0.25) is 0 Å². The van der Waals surface area contributed by atoms with Gasteiger partial charge in [-0.05, 0) is 30.3 Å². The van der Waals surface area contributed by atoms with E-state index in [4.69, 9.17) is 14.4 Å². The second-order valence-electron chi connectivity index (χ2n) is 6.70. The van der Waals surface area contributed by atoms with Gasteiger partial charge in [-0.3, -0.25) is 4.79 Å². The molecule has 0 aliphatic carbocycles. The van der Waals surface area contributed by atoms with E-state index in [-0.39, 0.29) is 18.3 Å². The van der Waals surface area contributed by atoms with Crippen LogP contribution in [0.2, 0.25) is 0 Å². The van der Waals surface area contributed by atoms with Crippen LogP contribution in [-0.2, 0) is 6.61 Å². The Labute approximate surface area is 179 Å². The third-order valence-electron chi connectivity index (χ3n) is 4.66. The number of aromatic nitrogens is 1. The number of furan rings is 1. The van der Waals surface area contributed by atoms with Crippen LogP contribution < -0.4 is 15.4 Å². The number of carbonyl (C=O) groups is 1. The van der Waals surface area contributed by atoms with Gasteiger partial charge in [-0.1, -0.05) is 36.4 Å². The molecule has 7 heteroatoms. The number of anilines is 1. The molecule has 0 radical (unpaired) electrons. The minimum absolute atomic E-state index is 0.210. The molecule has 0 saturated carbocycles. The molecule has 0 aliphatic rings. The molecule has 7 nitrogen and oxygen atoms in total. The summed E-state index contributed by atoms with van der Waals surface area (Å²) < 4.78 is 11.7. The van der Waals surface area contributed by atoms with Crippen molar-refractivity contribution in [1.29, 1.82) is 5.26 Å². The summed E-state index contributed by atoms with van der Waals surface area (Å²) in [6, 6.07) is 22.4. The van der Waals surface area contributed by atoms with Crippen molar-refractivity contribution < 1.29 is 13.9 Å². The lowest BCUT2D eigenvalue weighted by Gasteiger charge is -2.09. The Hall–Kier alpha value is -4.31. The molecule has 4 rings (SSSR count). The molecule has 4 aromatic rings. The Kier molecular flexibility index (Phi) is 6.10. The smallest absolute Gasteiger partial charge is 0.287 e. The van der Waals surface area contributed by atoms with Crippen molar-refractivity contribution >= 4 is 22.7 Å². The van der Waals surface area contributed by atoms with Gasteiger partial charge in [0, 0.05) is 30.2 Å². The Morgan fingerprint density at radius 1 is 1.03 bits per heavy atom. The molecule has 2 aromatic carbocycles. The van der Waals surface area contributed by atoms with E-state index in [1.807, 2.05) is 54.6 Å². The Morgan fingerprint density at radius 2 is 1.84 bits per heavy atom. The number of hydrogen-bond acceptors (Lipinski definition) is 6. The highest BCUT2D eigenvalue weighted by atomic mass is 16.5. The number of benzene rings is 2. The predicted octanol–water partition coefficient (Wildman–Crippen LogP) is 4.12. The van der Waals surface area contributed by atoms with Crippen LogP contribution in [0.5, 0.6) is 5.75 Å². The largest absolute Gasteiger partial charge is 0.489 e. The Bertz CT molecular complexity index is 1230. The zero-order valence-electron chi connectivity index (χ0n) is 16.7. The van der Waals surface area contributed by atoms with Gasteiger partial charge in [-0.15, -0.1) is 0 Å². The van der Waals surface area contributed by atoms with E-state index in [0.717, 1.165) is 5.39 Å². The molecule has 2 N–H and O–H groups in total. The summed E-state index contributed by atoms with van der Waals surface area (Å²) in [5.41, 5.74) is 1.78. The summed E-state index contributed by atoms with van der Waals surface area (Å²) in [6.07, 6.45) is 1.61. The second-order valence-corrected chi connectivity index (χ2v) is 6.70. The van der Waals surface area contributed by atoms with E-state index in [0.29, 0.717) is 41.4 Å². The number of rotatable bonds is 8. The van der Waals surface area contributed by atoms with Crippen LogP contribution in [0.4, 0.5) is 5.82 Å². The van der Waals surface area contributed by atoms with Crippen LogP contribution >= 0.6 is 0 Å². The molecule has 1 amide bonds. The first-order valence-corrected chi connectivity index (χ1v) is 9.81. The highest BCUT2D eigenvalue weighted by molar-refractivity contribution is 5.99. The van der Waals surface area contributed by atoms with Crippen molar-refractivity contribution in [2.45, 2.75) is 6.61 Å². The maximum absolute atomic E-state index is 12.8. The summed E-state index contributed by atoms with van der Waals surface area (Å²) in [5, 5.41) is 15.9. The first-order valence-electron chi connectivity index (χ1n) is 9.81. The summed E-state index contributed by atoms with van der Waals surface area (Å²) >= 11 is 0. The molecule has 0 atom stereocenters. The molecule has 2 aromatic heterocycles. The summed E-state index contributed by atoms with van der Waals surface area (Å²) in [7, 11) is 0. The number of amides is 1. The van der Waals surface area contributed by atoms with Gasteiger partial charge in [-0.25, -0.2) is 4.98 Å². The Balaban J connectivity index is 1.44. The number of pyridine rings is 1. The van der Waals surface area contributed by atoms with Gasteiger partial charge < -0.3 is 19.8 Å². The van der Waals surface area contributed by atoms with Crippen molar-refractivity contribution in [2.24, 2.45) is 0 Å². The molecular weight excluding hydrogens is 392 g/mol. The molecule has 2 heterocycles. The van der Waals surface area contributed by atoms with Gasteiger partial charge >= 0.3 is 0 Å². The van der Waals surface area contributed by atoms with Crippen LogP contribution in [-0.4, -0.2) is 24.0 Å². The van der Waals surface area contributed by atoms with Crippen LogP contribution in [0.25, 0.3) is 11.0 Å². The number of nitrogens with zero attached hydrogens (tertiary/aromatic N) is 2. The molecule has 0 spiro atoms. The fraction of sp³-hybridized carbons (Fsp3) is 0.125. The van der Waals surface area contributed by atoms with Gasteiger partial charge in [-0.2, -0.15) is 5.26 Å². The molecule has 0 aliphatic heterocycles. The minimum Gasteiger partial charge on any atom is -0.489 e. The molecule has 154 valence electrons. The average molecular weight is 412 g/mol. The number of nitriles is 1. The van der Waals surface area contributed by atoms with Gasteiger partial charge in [0.05, 0.1) is 5.56 Å². The fourth-order valence-corrected chi connectivity index (χ4v) is 3.17. The number of hydrogen-bond donors (Lipinski definition) is 2. The minimum atomic E-state index is -0.328. The molecule has 0 saturated heterocycles. The normalized spacial score (nSPS) is 10.4. The predicted molar refractivity (Wildman–Crippen MR) is 117 cm³/mol. The third kappa shape index (κ3) is 4.65. The van der Waals surface area contributed by atoms with Crippen LogP contribution in [0.1, 0.15) is 21.7 Å².